The van der Waals surface area contributed by atoms with E-state index >= 15 is 0 Å². The molecule has 0 amide bonds. The largest absolute Gasteiger partial charge is 0.396 e. The monoisotopic (exact) mass is 311 g/mol. The Morgan fingerprint density at radius 1 is 1.40 bits per heavy atom. The van der Waals surface area contributed by atoms with Crippen LogP contribution in [0.3, 0.4) is 0 Å². The number of nitro groups is 1. The topological polar surface area (TPSA) is 99.1 Å². The van der Waals surface area contributed by atoms with Crippen molar-refractivity contribution in [3.63, 3.8) is 0 Å². The molecule has 2 rings (SSSR count). The molecule has 0 aliphatic rings. The molecular formula is C12H10ClN3O3S. The molecule has 0 spiro atoms. The van der Waals surface area contributed by atoms with Crippen molar-refractivity contribution in [2.45, 2.75) is 10.8 Å². The quantitative estimate of drug-likeness (QED) is 0.691. The minimum Gasteiger partial charge on any atom is -0.396 e. The molecule has 0 radical (unpaired) electrons. The number of pyridine rings is 1. The van der Waals surface area contributed by atoms with Gasteiger partial charge in [0, 0.05) is 18.3 Å². The lowest BCUT2D eigenvalue weighted by Crippen LogP contribution is -2.03. The van der Waals surface area contributed by atoms with Crippen LogP contribution in [0, 0.1) is 10.1 Å². The number of hydrogen-bond donors (Lipinski definition) is 1. The molecule has 1 aromatic carbocycles. The van der Waals surface area contributed by atoms with Crippen LogP contribution >= 0.6 is 11.6 Å². The molecule has 0 aliphatic heterocycles. The normalized spacial score (nSPS) is 12.1. The molecule has 1 aromatic heterocycles. The molecule has 1 heterocycles. The van der Waals surface area contributed by atoms with Crippen molar-refractivity contribution in [3.8, 4) is 0 Å². The Hall–Kier alpha value is -1.99. The van der Waals surface area contributed by atoms with E-state index in [0.29, 0.717) is 11.3 Å². The SMILES string of the molecule is Nc1cccnc1S(=O)Cc1ccc([N+](=O)[O-])cc1Cl. The van der Waals surface area contributed by atoms with Gasteiger partial charge in [-0.05, 0) is 23.8 Å². The first-order chi connectivity index (χ1) is 9.49. The summed E-state index contributed by atoms with van der Waals surface area (Å²) in [6, 6.07) is 7.29. The van der Waals surface area contributed by atoms with Crippen LogP contribution < -0.4 is 5.73 Å². The maximum Gasteiger partial charge on any atom is 0.270 e. The van der Waals surface area contributed by atoms with Gasteiger partial charge in [-0.1, -0.05) is 11.6 Å². The van der Waals surface area contributed by atoms with Gasteiger partial charge in [0.2, 0.25) is 0 Å². The lowest BCUT2D eigenvalue weighted by Gasteiger charge is -2.06. The van der Waals surface area contributed by atoms with Gasteiger partial charge in [0.15, 0.2) is 0 Å². The Kier molecular flexibility index (Phi) is 4.31. The molecule has 0 saturated heterocycles. The molecule has 0 bridgehead atoms. The van der Waals surface area contributed by atoms with Crippen molar-refractivity contribution < 1.29 is 9.13 Å². The fourth-order valence-corrected chi connectivity index (χ4v) is 3.07. The van der Waals surface area contributed by atoms with Crippen LogP contribution in [0.4, 0.5) is 11.4 Å². The zero-order valence-electron chi connectivity index (χ0n) is 10.2. The summed E-state index contributed by atoms with van der Waals surface area (Å²) in [5.74, 6) is 0.0953. The summed E-state index contributed by atoms with van der Waals surface area (Å²) in [7, 11) is -1.46. The van der Waals surface area contributed by atoms with Crippen molar-refractivity contribution >= 4 is 33.8 Å². The summed E-state index contributed by atoms with van der Waals surface area (Å²) in [6.07, 6.45) is 1.50. The highest BCUT2D eigenvalue weighted by Crippen LogP contribution is 2.25. The Morgan fingerprint density at radius 3 is 2.75 bits per heavy atom. The van der Waals surface area contributed by atoms with Crippen molar-refractivity contribution in [1.29, 1.82) is 0 Å². The Labute approximate surface area is 122 Å². The average molecular weight is 312 g/mol. The first kappa shape index (κ1) is 14.4. The van der Waals surface area contributed by atoms with Crippen LogP contribution in [0.5, 0.6) is 0 Å². The van der Waals surface area contributed by atoms with Gasteiger partial charge in [0.1, 0.15) is 5.03 Å². The van der Waals surface area contributed by atoms with E-state index in [0.717, 1.165) is 0 Å². The number of hydrogen-bond acceptors (Lipinski definition) is 5. The minimum absolute atomic E-state index is 0.0953. The number of nitrogens with two attached hydrogens (primary N) is 1. The molecule has 104 valence electrons. The highest BCUT2D eigenvalue weighted by molar-refractivity contribution is 7.84. The summed E-state index contributed by atoms with van der Waals surface area (Å²) < 4.78 is 12.2. The van der Waals surface area contributed by atoms with Crippen LogP contribution in [0.25, 0.3) is 0 Å². The molecule has 1 atom stereocenters. The fourth-order valence-electron chi connectivity index (χ4n) is 1.57. The van der Waals surface area contributed by atoms with Gasteiger partial charge in [-0.15, -0.1) is 0 Å². The molecule has 2 N–H and O–H groups in total. The molecule has 8 heteroatoms. The Bertz CT molecular complexity index is 693. The van der Waals surface area contributed by atoms with Crippen molar-refractivity contribution in [1.82, 2.24) is 4.98 Å². The van der Waals surface area contributed by atoms with Gasteiger partial charge in [0.05, 0.1) is 32.2 Å². The highest BCUT2D eigenvalue weighted by Gasteiger charge is 2.14. The van der Waals surface area contributed by atoms with Crippen LogP contribution in [-0.4, -0.2) is 14.1 Å². The van der Waals surface area contributed by atoms with Crippen LogP contribution in [-0.2, 0) is 16.6 Å². The average Bonchev–Trinajstić information content (AvgIpc) is 2.41. The van der Waals surface area contributed by atoms with Crippen LogP contribution in [0.1, 0.15) is 5.56 Å². The first-order valence-corrected chi connectivity index (χ1v) is 7.20. The number of nitrogens with zero attached hydrogens (tertiary/aromatic N) is 2. The second-order valence-corrected chi connectivity index (χ2v) is 5.69. The van der Waals surface area contributed by atoms with Gasteiger partial charge < -0.3 is 5.73 Å². The number of benzene rings is 1. The van der Waals surface area contributed by atoms with Crippen molar-refractivity contribution in [2.75, 3.05) is 5.73 Å². The number of nitro benzene ring substituents is 1. The molecule has 1 unspecified atom stereocenters. The second kappa shape index (κ2) is 5.98. The maximum atomic E-state index is 12.2. The number of aromatic nitrogens is 1. The lowest BCUT2D eigenvalue weighted by molar-refractivity contribution is -0.384. The number of non-ortho nitro benzene ring substituents is 1. The molecule has 0 saturated carbocycles. The zero-order chi connectivity index (χ0) is 14.7. The van der Waals surface area contributed by atoms with Gasteiger partial charge in [-0.3, -0.25) is 14.3 Å². The van der Waals surface area contributed by atoms with Crippen LogP contribution in [0.2, 0.25) is 5.02 Å². The Balaban J connectivity index is 2.25. The number of anilines is 1. The summed E-state index contributed by atoms with van der Waals surface area (Å²) in [5, 5.41) is 11.1. The predicted molar refractivity (Wildman–Crippen MR) is 76.9 cm³/mol. The van der Waals surface area contributed by atoms with Gasteiger partial charge in [0.25, 0.3) is 5.69 Å². The van der Waals surface area contributed by atoms with E-state index in [9.17, 15) is 14.3 Å². The maximum absolute atomic E-state index is 12.2. The molecule has 0 fully saturated rings. The lowest BCUT2D eigenvalue weighted by atomic mass is 10.2. The van der Waals surface area contributed by atoms with E-state index in [-0.39, 0.29) is 21.5 Å². The van der Waals surface area contributed by atoms with Crippen molar-refractivity contribution in [2.24, 2.45) is 0 Å². The van der Waals surface area contributed by atoms with E-state index in [1.165, 1.54) is 24.4 Å². The standard InChI is InChI=1S/C12H10ClN3O3S/c13-10-6-9(16(17)18)4-3-8(10)7-20(19)12-11(14)2-1-5-15-12/h1-6H,7,14H2. The molecule has 20 heavy (non-hydrogen) atoms. The third-order valence-corrected chi connectivity index (χ3v) is 4.25. The third-order valence-electron chi connectivity index (χ3n) is 2.55. The number of nitrogen functional groups attached to an aromatic ring is 1. The highest BCUT2D eigenvalue weighted by atomic mass is 35.5. The summed E-state index contributed by atoms with van der Waals surface area (Å²) >= 11 is 5.95. The molecule has 6 nitrogen and oxygen atoms in total. The summed E-state index contributed by atoms with van der Waals surface area (Å²) in [5.41, 5.74) is 6.47. The van der Waals surface area contributed by atoms with Gasteiger partial charge in [-0.2, -0.15) is 0 Å². The molecular weight excluding hydrogens is 302 g/mol. The number of rotatable bonds is 4. The van der Waals surface area contributed by atoms with Gasteiger partial charge in [-0.25, -0.2) is 4.98 Å². The zero-order valence-corrected chi connectivity index (χ0v) is 11.7. The van der Waals surface area contributed by atoms with E-state index in [1.54, 1.807) is 12.1 Å². The van der Waals surface area contributed by atoms with E-state index in [2.05, 4.69) is 4.98 Å². The molecule has 0 aliphatic carbocycles. The minimum atomic E-state index is -1.46. The third kappa shape index (κ3) is 3.12. The van der Waals surface area contributed by atoms with E-state index in [1.807, 2.05) is 0 Å². The van der Waals surface area contributed by atoms with Gasteiger partial charge >= 0.3 is 0 Å². The smallest absolute Gasteiger partial charge is 0.270 e. The fraction of sp³-hybridized carbons (Fsp3) is 0.0833. The second-order valence-electron chi connectivity index (χ2n) is 3.92. The van der Waals surface area contributed by atoms with Crippen molar-refractivity contribution in [3.05, 3.63) is 57.2 Å². The number of halogens is 1. The Morgan fingerprint density at radius 2 is 2.15 bits per heavy atom. The summed E-state index contributed by atoms with van der Waals surface area (Å²) in [6.45, 7) is 0. The molecule has 2 aromatic rings. The van der Waals surface area contributed by atoms with E-state index < -0.39 is 15.7 Å². The predicted octanol–water partition coefficient (Wildman–Crippen LogP) is 2.53. The summed E-state index contributed by atoms with van der Waals surface area (Å²) in [4.78, 5) is 14.0. The first-order valence-electron chi connectivity index (χ1n) is 5.50. The van der Waals surface area contributed by atoms with Crippen LogP contribution in [0.15, 0.2) is 41.6 Å². The van der Waals surface area contributed by atoms with E-state index in [4.69, 9.17) is 17.3 Å².